The van der Waals surface area contributed by atoms with E-state index in [9.17, 15) is 0 Å². The first-order valence-electron chi connectivity index (χ1n) is 26.4. The number of hydrogen-bond donors (Lipinski definition) is 0. The Morgan fingerprint density at radius 1 is 0.247 bits per heavy atom. The van der Waals surface area contributed by atoms with Gasteiger partial charge in [0.25, 0.3) is 0 Å². The van der Waals surface area contributed by atoms with Crippen LogP contribution in [0.1, 0.15) is 22.3 Å². The Labute approximate surface area is 444 Å². The lowest BCUT2D eigenvalue weighted by Gasteiger charge is -2.36. The Kier molecular flexibility index (Phi) is 9.52. The molecular formula is C73H46N2O2. The molecule has 13 aromatic carbocycles. The summed E-state index contributed by atoms with van der Waals surface area (Å²) in [4.78, 5) is 4.85. The van der Waals surface area contributed by atoms with Crippen molar-refractivity contribution in [2.24, 2.45) is 0 Å². The molecule has 15 aromatic rings. The molecule has 0 radical (unpaired) electrons. The van der Waals surface area contributed by atoms with E-state index in [-0.39, 0.29) is 0 Å². The van der Waals surface area contributed by atoms with E-state index in [4.69, 9.17) is 8.83 Å². The quantitative estimate of drug-likeness (QED) is 0.142. The Bertz CT molecular complexity index is 4770. The van der Waals surface area contributed by atoms with Gasteiger partial charge in [0.15, 0.2) is 0 Å². The highest BCUT2D eigenvalue weighted by atomic mass is 16.3. The lowest BCUT2D eigenvalue weighted by atomic mass is 9.66. The summed E-state index contributed by atoms with van der Waals surface area (Å²) in [5, 5.41) is 11.5. The first kappa shape index (κ1) is 43.3. The third kappa shape index (κ3) is 6.40. The summed E-state index contributed by atoms with van der Waals surface area (Å²) >= 11 is 0. The summed E-state index contributed by atoms with van der Waals surface area (Å²) in [6, 6.07) is 102. The monoisotopic (exact) mass is 982 g/mol. The van der Waals surface area contributed by atoms with Crippen LogP contribution in [0.2, 0.25) is 0 Å². The summed E-state index contributed by atoms with van der Waals surface area (Å²) in [5.41, 5.74) is 16.6. The number of rotatable bonds is 8. The molecule has 16 rings (SSSR count). The highest BCUT2D eigenvalue weighted by molar-refractivity contribution is 6.24. The molecule has 0 unspecified atom stereocenters. The number of anilines is 6. The number of nitrogens with zero attached hydrogens (tertiary/aromatic N) is 2. The van der Waals surface area contributed by atoms with E-state index in [0.717, 1.165) is 83.4 Å². The minimum atomic E-state index is -0.769. The normalized spacial score (nSPS) is 12.8. The molecule has 0 bridgehead atoms. The Hall–Kier alpha value is -10.2. The fourth-order valence-electron chi connectivity index (χ4n) is 13.1. The molecule has 0 aliphatic heterocycles. The Morgan fingerprint density at radius 2 is 0.649 bits per heavy atom. The molecule has 4 nitrogen and oxygen atoms in total. The Balaban J connectivity index is 1.02. The molecule has 0 saturated carbocycles. The zero-order valence-corrected chi connectivity index (χ0v) is 41.8. The van der Waals surface area contributed by atoms with Crippen LogP contribution in [0, 0.1) is 0 Å². The fourth-order valence-corrected chi connectivity index (χ4v) is 13.1. The van der Waals surface area contributed by atoms with Crippen molar-refractivity contribution < 1.29 is 8.83 Å². The second-order valence-corrected chi connectivity index (χ2v) is 20.3. The standard InChI is InChI=1S/C73H46N2O2/c1-5-21-47(22-6-1)73(48-23-7-2-8-24-48)64-46-65(75(50-27-11-4-12-28-50)53-39-42-69-63(45-53)57-32-18-20-36-67(57)77-69)55-30-14-16-34-59(55)70(64)71-58-33-15-13-29-54(58)61-43-51(37-40-60(61)72(71)73)74(49-25-9-3-10-26-49)52-38-41-68-62(44-52)56-31-17-19-35-66(56)76-68/h1-46H. The smallest absolute Gasteiger partial charge is 0.135 e. The summed E-state index contributed by atoms with van der Waals surface area (Å²) in [6.07, 6.45) is 0. The van der Waals surface area contributed by atoms with Crippen LogP contribution in [0.3, 0.4) is 0 Å². The molecule has 0 fully saturated rings. The van der Waals surface area contributed by atoms with Gasteiger partial charge < -0.3 is 18.6 Å². The molecule has 360 valence electrons. The van der Waals surface area contributed by atoms with Crippen molar-refractivity contribution in [2.75, 3.05) is 9.80 Å². The van der Waals surface area contributed by atoms with E-state index in [2.05, 4.69) is 271 Å². The van der Waals surface area contributed by atoms with Crippen LogP contribution in [0.4, 0.5) is 34.1 Å². The molecule has 2 heterocycles. The second-order valence-electron chi connectivity index (χ2n) is 20.3. The van der Waals surface area contributed by atoms with Crippen molar-refractivity contribution in [3.8, 4) is 11.1 Å². The van der Waals surface area contributed by atoms with E-state index in [1.54, 1.807) is 0 Å². The molecule has 4 heteroatoms. The predicted octanol–water partition coefficient (Wildman–Crippen LogP) is 20.2. The van der Waals surface area contributed by atoms with Gasteiger partial charge in [-0.05, 0) is 151 Å². The fraction of sp³-hybridized carbons (Fsp3) is 0.0137. The SMILES string of the molecule is c1ccc(N(c2ccc3oc4ccccc4c3c2)c2ccc3c4c(c5ccccc5c3c2)-c2c(cc(N(c3ccccc3)c3ccc5oc6ccccc6c5c3)c3ccccc23)C4(c2ccccc2)c2ccccc2)cc1. The summed E-state index contributed by atoms with van der Waals surface area (Å²) in [5.74, 6) is 0. The average Bonchev–Trinajstić information content (AvgIpc) is 4.30. The van der Waals surface area contributed by atoms with Gasteiger partial charge in [-0.25, -0.2) is 0 Å². The topological polar surface area (TPSA) is 32.8 Å². The molecule has 0 spiro atoms. The zero-order chi connectivity index (χ0) is 50.6. The van der Waals surface area contributed by atoms with E-state index in [1.165, 1.54) is 60.3 Å². The Morgan fingerprint density at radius 3 is 1.21 bits per heavy atom. The first-order chi connectivity index (χ1) is 38.2. The van der Waals surface area contributed by atoms with E-state index in [1.807, 2.05) is 18.2 Å². The maximum Gasteiger partial charge on any atom is 0.135 e. The summed E-state index contributed by atoms with van der Waals surface area (Å²) in [6.45, 7) is 0. The van der Waals surface area contributed by atoms with Gasteiger partial charge in [0.1, 0.15) is 22.3 Å². The van der Waals surface area contributed by atoms with Crippen molar-refractivity contribution in [3.05, 3.63) is 301 Å². The number of furan rings is 2. The third-order valence-electron chi connectivity index (χ3n) is 16.2. The van der Waals surface area contributed by atoms with Crippen LogP contribution in [0.15, 0.2) is 288 Å². The van der Waals surface area contributed by atoms with Crippen molar-refractivity contribution in [1.29, 1.82) is 0 Å². The molecule has 0 atom stereocenters. The van der Waals surface area contributed by atoms with E-state index in [0.29, 0.717) is 0 Å². The summed E-state index contributed by atoms with van der Waals surface area (Å²) < 4.78 is 12.8. The molecule has 0 saturated heterocycles. The van der Waals surface area contributed by atoms with Gasteiger partial charge in [-0.1, -0.05) is 188 Å². The van der Waals surface area contributed by atoms with Crippen molar-refractivity contribution >= 4 is 110 Å². The van der Waals surface area contributed by atoms with Crippen LogP contribution >= 0.6 is 0 Å². The minimum absolute atomic E-state index is 0.769. The van der Waals surface area contributed by atoms with Crippen LogP contribution in [-0.2, 0) is 5.41 Å². The largest absolute Gasteiger partial charge is 0.456 e. The third-order valence-corrected chi connectivity index (χ3v) is 16.2. The average molecular weight is 983 g/mol. The highest BCUT2D eigenvalue weighted by Gasteiger charge is 2.49. The van der Waals surface area contributed by atoms with Crippen molar-refractivity contribution in [3.63, 3.8) is 0 Å². The first-order valence-corrected chi connectivity index (χ1v) is 26.4. The number of fused-ring (bicyclic) bond motifs is 16. The van der Waals surface area contributed by atoms with Gasteiger partial charge in [-0.3, -0.25) is 0 Å². The van der Waals surface area contributed by atoms with Gasteiger partial charge in [-0.15, -0.1) is 0 Å². The van der Waals surface area contributed by atoms with Crippen LogP contribution in [0.5, 0.6) is 0 Å². The molecule has 1 aliphatic carbocycles. The highest BCUT2D eigenvalue weighted by Crippen LogP contribution is 2.63. The maximum atomic E-state index is 6.43. The van der Waals surface area contributed by atoms with E-state index >= 15 is 0 Å². The molecule has 2 aromatic heterocycles. The van der Waals surface area contributed by atoms with Gasteiger partial charge in [0, 0.05) is 55.4 Å². The molecule has 1 aliphatic rings. The second kappa shape index (κ2) is 16.9. The number of hydrogen-bond acceptors (Lipinski definition) is 4. The van der Waals surface area contributed by atoms with Crippen LogP contribution in [-0.4, -0.2) is 0 Å². The molecule has 0 N–H and O–H groups in total. The van der Waals surface area contributed by atoms with Crippen molar-refractivity contribution in [1.82, 2.24) is 0 Å². The van der Waals surface area contributed by atoms with Crippen LogP contribution < -0.4 is 9.80 Å². The van der Waals surface area contributed by atoms with Gasteiger partial charge >= 0.3 is 0 Å². The van der Waals surface area contributed by atoms with Gasteiger partial charge in [-0.2, -0.15) is 0 Å². The van der Waals surface area contributed by atoms with Crippen LogP contribution in [0.25, 0.3) is 87.3 Å². The molecule has 77 heavy (non-hydrogen) atoms. The maximum absolute atomic E-state index is 6.43. The molecular weight excluding hydrogens is 937 g/mol. The number of para-hydroxylation sites is 4. The minimum Gasteiger partial charge on any atom is -0.456 e. The lowest BCUT2D eigenvalue weighted by molar-refractivity contribution is 0.668. The van der Waals surface area contributed by atoms with Crippen molar-refractivity contribution in [2.45, 2.75) is 5.41 Å². The molecule has 0 amide bonds. The number of benzene rings is 13. The van der Waals surface area contributed by atoms with E-state index < -0.39 is 5.41 Å². The van der Waals surface area contributed by atoms with Gasteiger partial charge in [0.05, 0.1) is 11.1 Å². The van der Waals surface area contributed by atoms with Gasteiger partial charge in [0.2, 0.25) is 0 Å². The summed E-state index contributed by atoms with van der Waals surface area (Å²) in [7, 11) is 0. The zero-order valence-electron chi connectivity index (χ0n) is 41.8. The predicted molar refractivity (Wildman–Crippen MR) is 320 cm³/mol. The lowest BCUT2D eigenvalue weighted by Crippen LogP contribution is -2.29.